The molecule has 2 saturated heterocycles. The molecule has 2 unspecified atom stereocenters. The largest absolute Gasteiger partial charge is 0.381 e. The lowest BCUT2D eigenvalue weighted by molar-refractivity contribution is -0.385. The Labute approximate surface area is 121 Å². The van der Waals surface area contributed by atoms with E-state index in [9.17, 15) is 14.5 Å². The SMILES string of the molecule is O=[N+]([O-])c1cnn(C2CCN(C3CCOCC3)CC2F)c1. The van der Waals surface area contributed by atoms with Crippen LogP contribution >= 0.6 is 0 Å². The zero-order chi connectivity index (χ0) is 14.8. The molecule has 0 N–H and O–H groups in total. The number of hydrogen-bond donors (Lipinski definition) is 0. The molecular formula is C13H19FN4O3. The van der Waals surface area contributed by atoms with Crippen molar-refractivity contribution in [2.75, 3.05) is 26.3 Å². The first-order valence-corrected chi connectivity index (χ1v) is 7.29. The number of likely N-dealkylation sites (tertiary alicyclic amines) is 1. The van der Waals surface area contributed by atoms with Gasteiger partial charge in [-0.25, -0.2) is 4.39 Å². The zero-order valence-electron chi connectivity index (χ0n) is 11.7. The number of nitrogens with zero attached hydrogens (tertiary/aromatic N) is 4. The molecule has 2 atom stereocenters. The van der Waals surface area contributed by atoms with Crippen LogP contribution in [0.2, 0.25) is 0 Å². The van der Waals surface area contributed by atoms with Crippen molar-refractivity contribution >= 4 is 5.69 Å². The number of alkyl halides is 1. The van der Waals surface area contributed by atoms with Crippen molar-refractivity contribution in [2.45, 2.75) is 37.5 Å². The van der Waals surface area contributed by atoms with E-state index in [1.54, 1.807) is 0 Å². The fraction of sp³-hybridized carbons (Fsp3) is 0.769. The maximum Gasteiger partial charge on any atom is 0.307 e. The molecule has 8 heteroatoms. The van der Waals surface area contributed by atoms with Crippen molar-refractivity contribution < 1.29 is 14.1 Å². The van der Waals surface area contributed by atoms with Crippen molar-refractivity contribution in [3.8, 4) is 0 Å². The van der Waals surface area contributed by atoms with Gasteiger partial charge in [-0.3, -0.25) is 19.7 Å². The van der Waals surface area contributed by atoms with Crippen molar-refractivity contribution in [3.05, 3.63) is 22.5 Å². The predicted molar refractivity (Wildman–Crippen MR) is 72.8 cm³/mol. The van der Waals surface area contributed by atoms with Crippen LogP contribution in [0.5, 0.6) is 0 Å². The highest BCUT2D eigenvalue weighted by Gasteiger charge is 2.35. The summed E-state index contributed by atoms with van der Waals surface area (Å²) in [5.41, 5.74) is -0.0888. The fourth-order valence-electron chi connectivity index (χ4n) is 3.20. The van der Waals surface area contributed by atoms with Gasteiger partial charge in [0.1, 0.15) is 18.6 Å². The Kier molecular flexibility index (Phi) is 4.16. The highest BCUT2D eigenvalue weighted by Crippen LogP contribution is 2.29. The molecule has 0 saturated carbocycles. The summed E-state index contributed by atoms with van der Waals surface area (Å²) in [6.07, 6.45) is 3.96. The summed E-state index contributed by atoms with van der Waals surface area (Å²) in [6.45, 7) is 2.65. The molecule has 0 spiro atoms. The molecule has 0 amide bonds. The lowest BCUT2D eigenvalue weighted by Crippen LogP contribution is -2.49. The van der Waals surface area contributed by atoms with Crippen molar-refractivity contribution in [1.29, 1.82) is 0 Å². The molecule has 1 aromatic rings. The van der Waals surface area contributed by atoms with Crippen LogP contribution in [0.3, 0.4) is 0 Å². The third-order valence-electron chi connectivity index (χ3n) is 4.38. The molecule has 1 aromatic heterocycles. The van der Waals surface area contributed by atoms with Gasteiger partial charge in [0.2, 0.25) is 0 Å². The Bertz CT molecular complexity index is 503. The molecule has 21 heavy (non-hydrogen) atoms. The smallest absolute Gasteiger partial charge is 0.307 e. The van der Waals surface area contributed by atoms with Gasteiger partial charge in [0.05, 0.1) is 11.0 Å². The van der Waals surface area contributed by atoms with Crippen LogP contribution in [0.1, 0.15) is 25.3 Å². The second kappa shape index (κ2) is 6.07. The Hall–Kier alpha value is -1.54. The van der Waals surface area contributed by atoms with Crippen molar-refractivity contribution in [2.24, 2.45) is 0 Å². The van der Waals surface area contributed by atoms with Crippen LogP contribution in [0, 0.1) is 10.1 Å². The maximum atomic E-state index is 14.4. The lowest BCUT2D eigenvalue weighted by atomic mass is 9.98. The summed E-state index contributed by atoms with van der Waals surface area (Å²) in [5.74, 6) is 0. The van der Waals surface area contributed by atoms with Gasteiger partial charge in [-0.2, -0.15) is 5.10 Å². The first-order chi connectivity index (χ1) is 10.1. The molecule has 0 bridgehead atoms. The van der Waals surface area contributed by atoms with E-state index in [1.165, 1.54) is 17.1 Å². The highest BCUT2D eigenvalue weighted by molar-refractivity contribution is 5.21. The summed E-state index contributed by atoms with van der Waals surface area (Å²) in [6, 6.07) is -0.0142. The minimum atomic E-state index is -1.05. The summed E-state index contributed by atoms with van der Waals surface area (Å²) in [4.78, 5) is 12.4. The van der Waals surface area contributed by atoms with E-state index in [0.717, 1.165) is 32.6 Å². The molecule has 0 radical (unpaired) electrons. The summed E-state index contributed by atoms with van der Waals surface area (Å²) >= 11 is 0. The Morgan fingerprint density at radius 2 is 2.14 bits per heavy atom. The van der Waals surface area contributed by atoms with Crippen LogP contribution in [-0.4, -0.2) is 58.1 Å². The number of rotatable bonds is 3. The quantitative estimate of drug-likeness (QED) is 0.625. The number of hydrogen-bond acceptors (Lipinski definition) is 5. The van der Waals surface area contributed by atoms with E-state index >= 15 is 0 Å². The topological polar surface area (TPSA) is 73.4 Å². The standard InChI is InChI=1S/C13H19FN4O3/c14-12-9-16(10-2-5-21-6-3-10)4-1-13(12)17-8-11(7-15-17)18(19)20/h7-8,10,12-13H,1-6,9H2. The predicted octanol–water partition coefficient (Wildman–Crippen LogP) is 1.56. The van der Waals surface area contributed by atoms with Crippen LogP contribution in [0.15, 0.2) is 12.4 Å². The molecule has 7 nitrogen and oxygen atoms in total. The molecule has 3 rings (SSSR count). The average molecular weight is 298 g/mol. The van der Waals surface area contributed by atoms with Gasteiger partial charge in [-0.1, -0.05) is 0 Å². The van der Waals surface area contributed by atoms with Crippen LogP contribution in [-0.2, 0) is 4.74 Å². The first kappa shape index (κ1) is 14.4. The normalized spacial score (nSPS) is 28.6. The second-order valence-corrected chi connectivity index (χ2v) is 5.65. The van der Waals surface area contributed by atoms with Crippen molar-refractivity contribution in [1.82, 2.24) is 14.7 Å². The second-order valence-electron chi connectivity index (χ2n) is 5.65. The van der Waals surface area contributed by atoms with Gasteiger partial charge in [-0.05, 0) is 19.3 Å². The molecule has 0 aliphatic carbocycles. The Balaban J connectivity index is 1.63. The van der Waals surface area contributed by atoms with Gasteiger partial charge < -0.3 is 4.74 Å². The van der Waals surface area contributed by atoms with Crippen molar-refractivity contribution in [3.63, 3.8) is 0 Å². The molecular weight excluding hydrogens is 279 g/mol. The zero-order valence-corrected chi connectivity index (χ0v) is 11.7. The summed E-state index contributed by atoms with van der Waals surface area (Å²) in [5, 5.41) is 14.6. The fourth-order valence-corrected chi connectivity index (χ4v) is 3.20. The van der Waals surface area contributed by atoms with E-state index < -0.39 is 17.1 Å². The van der Waals surface area contributed by atoms with Gasteiger partial charge in [-0.15, -0.1) is 0 Å². The minimum Gasteiger partial charge on any atom is -0.381 e. The number of piperidine rings is 1. The van der Waals surface area contributed by atoms with Gasteiger partial charge in [0, 0.05) is 32.3 Å². The first-order valence-electron chi connectivity index (χ1n) is 7.29. The molecule has 0 aromatic carbocycles. The number of aromatic nitrogens is 2. The third kappa shape index (κ3) is 3.06. The molecule has 2 aliphatic rings. The Morgan fingerprint density at radius 1 is 1.38 bits per heavy atom. The van der Waals surface area contributed by atoms with E-state index in [1.807, 2.05) is 0 Å². The van der Waals surface area contributed by atoms with E-state index in [-0.39, 0.29) is 5.69 Å². The van der Waals surface area contributed by atoms with E-state index in [2.05, 4.69) is 10.00 Å². The lowest BCUT2D eigenvalue weighted by Gasteiger charge is -2.40. The monoisotopic (exact) mass is 298 g/mol. The summed E-state index contributed by atoms with van der Waals surface area (Å²) < 4.78 is 21.2. The maximum absolute atomic E-state index is 14.4. The van der Waals surface area contributed by atoms with Crippen LogP contribution in [0.25, 0.3) is 0 Å². The average Bonchev–Trinajstić information content (AvgIpc) is 2.98. The number of halogens is 1. The van der Waals surface area contributed by atoms with Gasteiger partial charge >= 0.3 is 5.69 Å². The minimum absolute atomic E-state index is 0.0888. The highest BCUT2D eigenvalue weighted by atomic mass is 19.1. The van der Waals surface area contributed by atoms with Crippen LogP contribution in [0.4, 0.5) is 10.1 Å². The Morgan fingerprint density at radius 3 is 2.76 bits per heavy atom. The number of ether oxygens (including phenoxy) is 1. The van der Waals surface area contributed by atoms with Crippen LogP contribution < -0.4 is 0 Å². The molecule has 2 fully saturated rings. The van der Waals surface area contributed by atoms with Gasteiger partial charge in [0.25, 0.3) is 0 Å². The van der Waals surface area contributed by atoms with E-state index in [0.29, 0.717) is 19.0 Å². The van der Waals surface area contributed by atoms with E-state index in [4.69, 9.17) is 4.74 Å². The van der Waals surface area contributed by atoms with Gasteiger partial charge in [0.15, 0.2) is 0 Å². The molecule has 3 heterocycles. The summed E-state index contributed by atoms with van der Waals surface area (Å²) in [7, 11) is 0. The molecule has 2 aliphatic heterocycles. The number of nitro groups is 1. The molecule has 116 valence electrons. The third-order valence-corrected chi connectivity index (χ3v) is 4.38.